The van der Waals surface area contributed by atoms with Crippen LogP contribution in [0.25, 0.3) is 11.1 Å². The van der Waals surface area contributed by atoms with Crippen LogP contribution in [0.15, 0.2) is 30.5 Å². The second kappa shape index (κ2) is 7.44. The number of benzene rings is 1. The first-order valence-electron chi connectivity index (χ1n) is 7.51. The van der Waals surface area contributed by atoms with E-state index in [1.807, 2.05) is 0 Å². The number of methoxy groups -OCH3 is 2. The lowest BCUT2D eigenvalue weighted by Crippen LogP contribution is -2.14. The van der Waals surface area contributed by atoms with E-state index in [1.165, 1.54) is 32.5 Å². The lowest BCUT2D eigenvalue weighted by atomic mass is 10.00. The summed E-state index contributed by atoms with van der Waals surface area (Å²) < 4.78 is 24.0. The van der Waals surface area contributed by atoms with E-state index >= 15 is 0 Å². The van der Waals surface area contributed by atoms with E-state index in [9.17, 15) is 9.18 Å². The third-order valence-electron chi connectivity index (χ3n) is 3.55. The summed E-state index contributed by atoms with van der Waals surface area (Å²) in [5.41, 5.74) is 2.07. The molecule has 26 heavy (non-hydrogen) atoms. The number of aryl methyl sites for hydroxylation is 1. The standard InChI is InChI=1S/C17H15FN4O3S/c1-9-6-11(10-4-5-14(24-2)13(18)7-10)12(8-19-9)15(23)20-16-21-22-17(25-3)26-16/h4-8H,1-3H3,(H,20,21,23). The van der Waals surface area contributed by atoms with Crippen LogP contribution in [0.3, 0.4) is 0 Å². The van der Waals surface area contributed by atoms with E-state index in [4.69, 9.17) is 9.47 Å². The topological polar surface area (TPSA) is 86.2 Å². The van der Waals surface area contributed by atoms with E-state index in [0.29, 0.717) is 27.1 Å². The highest BCUT2D eigenvalue weighted by molar-refractivity contribution is 7.17. The van der Waals surface area contributed by atoms with Gasteiger partial charge in [0, 0.05) is 11.9 Å². The Hall–Kier alpha value is -3.07. The van der Waals surface area contributed by atoms with Crippen molar-refractivity contribution in [2.24, 2.45) is 0 Å². The Morgan fingerprint density at radius 2 is 2.00 bits per heavy atom. The maximum Gasteiger partial charge on any atom is 0.295 e. The number of hydrogen-bond acceptors (Lipinski definition) is 7. The highest BCUT2D eigenvalue weighted by atomic mass is 32.1. The van der Waals surface area contributed by atoms with Gasteiger partial charge in [0.15, 0.2) is 11.6 Å². The van der Waals surface area contributed by atoms with Gasteiger partial charge in [0.1, 0.15) is 0 Å². The number of pyridine rings is 1. The monoisotopic (exact) mass is 374 g/mol. The van der Waals surface area contributed by atoms with E-state index in [-0.39, 0.29) is 11.3 Å². The Kier molecular flexibility index (Phi) is 5.08. The molecule has 1 aromatic carbocycles. The van der Waals surface area contributed by atoms with Crippen molar-refractivity contribution in [3.8, 4) is 22.1 Å². The van der Waals surface area contributed by atoms with E-state index in [2.05, 4.69) is 20.5 Å². The molecule has 0 unspecified atom stereocenters. The smallest absolute Gasteiger partial charge is 0.295 e. The molecule has 0 atom stereocenters. The van der Waals surface area contributed by atoms with Crippen molar-refractivity contribution in [2.75, 3.05) is 19.5 Å². The molecule has 1 amide bonds. The molecule has 0 aliphatic rings. The first-order chi connectivity index (χ1) is 12.5. The summed E-state index contributed by atoms with van der Waals surface area (Å²) in [6.45, 7) is 1.79. The first-order valence-corrected chi connectivity index (χ1v) is 8.33. The second-order valence-corrected chi connectivity index (χ2v) is 6.19. The van der Waals surface area contributed by atoms with Crippen molar-refractivity contribution in [1.29, 1.82) is 0 Å². The fourth-order valence-electron chi connectivity index (χ4n) is 2.32. The zero-order chi connectivity index (χ0) is 18.7. The summed E-state index contributed by atoms with van der Waals surface area (Å²) in [5, 5.41) is 10.9. The molecular formula is C17H15FN4O3S. The summed E-state index contributed by atoms with van der Waals surface area (Å²) in [6, 6.07) is 6.23. The SMILES string of the molecule is COc1nnc(NC(=O)c2cnc(C)cc2-c2ccc(OC)c(F)c2)s1. The van der Waals surface area contributed by atoms with Crippen molar-refractivity contribution in [2.45, 2.75) is 6.92 Å². The van der Waals surface area contributed by atoms with Gasteiger partial charge in [-0.05, 0) is 47.6 Å². The van der Waals surface area contributed by atoms with Crippen molar-refractivity contribution in [3.63, 3.8) is 0 Å². The zero-order valence-corrected chi connectivity index (χ0v) is 15.1. The molecule has 0 aliphatic carbocycles. The fraction of sp³-hybridized carbons (Fsp3) is 0.176. The Bertz CT molecular complexity index is 961. The molecule has 3 rings (SSSR count). The first kappa shape index (κ1) is 17.7. The molecule has 1 N–H and O–H groups in total. The number of ether oxygens (including phenoxy) is 2. The molecule has 2 heterocycles. The Morgan fingerprint density at radius 3 is 2.65 bits per heavy atom. The molecule has 0 saturated heterocycles. The predicted molar refractivity (Wildman–Crippen MR) is 95.3 cm³/mol. The van der Waals surface area contributed by atoms with Crippen LogP contribution in [0.1, 0.15) is 16.1 Å². The van der Waals surface area contributed by atoms with Gasteiger partial charge >= 0.3 is 0 Å². The van der Waals surface area contributed by atoms with Crippen LogP contribution < -0.4 is 14.8 Å². The van der Waals surface area contributed by atoms with Gasteiger partial charge in [-0.2, -0.15) is 0 Å². The number of amides is 1. The maximum atomic E-state index is 14.1. The average Bonchev–Trinajstić information content (AvgIpc) is 3.09. The van der Waals surface area contributed by atoms with Crippen LogP contribution in [0.5, 0.6) is 10.9 Å². The number of hydrogen-bond donors (Lipinski definition) is 1. The van der Waals surface area contributed by atoms with Crippen LogP contribution in [0, 0.1) is 12.7 Å². The van der Waals surface area contributed by atoms with Crippen molar-refractivity contribution in [3.05, 3.63) is 47.5 Å². The van der Waals surface area contributed by atoms with Crippen LogP contribution in [-0.2, 0) is 0 Å². The van der Waals surface area contributed by atoms with Gasteiger partial charge in [-0.15, -0.1) is 5.10 Å². The van der Waals surface area contributed by atoms with Crippen molar-refractivity contribution < 1.29 is 18.7 Å². The highest BCUT2D eigenvalue weighted by Gasteiger charge is 2.17. The quantitative estimate of drug-likeness (QED) is 0.737. The molecule has 0 spiro atoms. The lowest BCUT2D eigenvalue weighted by molar-refractivity contribution is 0.102. The molecule has 7 nitrogen and oxygen atoms in total. The van der Waals surface area contributed by atoms with E-state index in [1.54, 1.807) is 19.1 Å². The second-order valence-electron chi connectivity index (χ2n) is 5.25. The Morgan fingerprint density at radius 1 is 1.19 bits per heavy atom. The fourth-order valence-corrected chi connectivity index (χ4v) is 2.88. The summed E-state index contributed by atoms with van der Waals surface area (Å²) in [4.78, 5) is 16.8. The van der Waals surface area contributed by atoms with Gasteiger partial charge in [-0.25, -0.2) is 4.39 Å². The largest absolute Gasteiger partial charge is 0.494 e. The van der Waals surface area contributed by atoms with Crippen LogP contribution >= 0.6 is 11.3 Å². The van der Waals surface area contributed by atoms with Gasteiger partial charge in [-0.1, -0.05) is 11.2 Å². The summed E-state index contributed by atoms with van der Waals surface area (Å²) in [6.07, 6.45) is 1.44. The number of carbonyl (C=O) groups is 1. The van der Waals surface area contributed by atoms with E-state index in [0.717, 1.165) is 11.3 Å². The number of nitrogens with zero attached hydrogens (tertiary/aromatic N) is 3. The van der Waals surface area contributed by atoms with Crippen LogP contribution in [0.4, 0.5) is 9.52 Å². The third-order valence-corrected chi connectivity index (χ3v) is 4.35. The molecule has 0 aliphatic heterocycles. The zero-order valence-electron chi connectivity index (χ0n) is 14.2. The number of carbonyl (C=O) groups excluding carboxylic acids is 1. The number of nitrogens with one attached hydrogen (secondary N) is 1. The van der Waals surface area contributed by atoms with Gasteiger partial charge < -0.3 is 9.47 Å². The highest BCUT2D eigenvalue weighted by Crippen LogP contribution is 2.29. The summed E-state index contributed by atoms with van der Waals surface area (Å²) in [7, 11) is 2.86. The predicted octanol–water partition coefficient (Wildman–Crippen LogP) is 3.32. The normalized spacial score (nSPS) is 10.5. The Balaban J connectivity index is 1.97. The lowest BCUT2D eigenvalue weighted by Gasteiger charge is -2.11. The van der Waals surface area contributed by atoms with Gasteiger partial charge in [0.05, 0.1) is 19.8 Å². The van der Waals surface area contributed by atoms with Gasteiger partial charge in [0.2, 0.25) is 5.13 Å². The molecule has 2 aromatic heterocycles. The molecule has 0 radical (unpaired) electrons. The molecular weight excluding hydrogens is 359 g/mol. The minimum Gasteiger partial charge on any atom is -0.494 e. The number of aromatic nitrogens is 3. The van der Waals surface area contributed by atoms with Crippen LogP contribution in [-0.4, -0.2) is 35.3 Å². The molecule has 0 saturated carbocycles. The third kappa shape index (κ3) is 3.62. The van der Waals surface area contributed by atoms with Gasteiger partial charge in [0.25, 0.3) is 11.1 Å². The van der Waals surface area contributed by atoms with Crippen molar-refractivity contribution in [1.82, 2.24) is 15.2 Å². The van der Waals surface area contributed by atoms with E-state index < -0.39 is 11.7 Å². The number of anilines is 1. The minimum atomic E-state index is -0.514. The molecule has 134 valence electrons. The van der Waals surface area contributed by atoms with Crippen LogP contribution in [0.2, 0.25) is 0 Å². The summed E-state index contributed by atoms with van der Waals surface area (Å²) in [5.74, 6) is -0.811. The average molecular weight is 374 g/mol. The van der Waals surface area contributed by atoms with Crippen molar-refractivity contribution >= 4 is 22.4 Å². The molecule has 0 fully saturated rings. The molecule has 9 heteroatoms. The number of rotatable bonds is 5. The maximum absolute atomic E-state index is 14.1. The summed E-state index contributed by atoms with van der Waals surface area (Å²) >= 11 is 1.09. The molecule has 0 bridgehead atoms. The van der Waals surface area contributed by atoms with Gasteiger partial charge in [-0.3, -0.25) is 15.1 Å². The number of halogens is 1. The Labute approximate surface area is 152 Å². The molecule has 3 aromatic rings. The minimum absolute atomic E-state index is 0.131.